The van der Waals surface area contributed by atoms with E-state index in [1.165, 1.54) is 0 Å². The lowest BCUT2D eigenvalue weighted by molar-refractivity contribution is 0.0163. The summed E-state index contributed by atoms with van der Waals surface area (Å²) in [5.74, 6) is 1.26. The molecule has 1 unspecified atom stereocenters. The molecular weight excluding hydrogens is 384 g/mol. The van der Waals surface area contributed by atoms with Crippen LogP contribution >= 0.6 is 0 Å². The Morgan fingerprint density at radius 1 is 1.13 bits per heavy atom. The molecule has 0 saturated carbocycles. The summed E-state index contributed by atoms with van der Waals surface area (Å²) in [6.07, 6.45) is 4.57. The van der Waals surface area contributed by atoms with Crippen LogP contribution in [0.3, 0.4) is 0 Å². The van der Waals surface area contributed by atoms with Gasteiger partial charge in [0.2, 0.25) is 0 Å². The first-order chi connectivity index (χ1) is 14.2. The average molecular weight is 425 g/mol. The van der Waals surface area contributed by atoms with Crippen molar-refractivity contribution >= 4 is 18.1 Å². The van der Waals surface area contributed by atoms with Crippen molar-refractivity contribution in [2.45, 2.75) is 71.4 Å². The maximum absolute atomic E-state index is 12.3. The molecule has 172 valence electrons. The minimum absolute atomic E-state index is 0.215. The van der Waals surface area contributed by atoms with E-state index in [2.05, 4.69) is 10.6 Å². The van der Waals surface area contributed by atoms with Gasteiger partial charge >= 0.3 is 12.1 Å². The van der Waals surface area contributed by atoms with E-state index in [0.29, 0.717) is 25.6 Å². The number of carbonyl (C=O) groups excluding carboxylic acids is 2. The molecule has 9 heteroatoms. The number of ether oxygens (including phenoxy) is 1. The second-order valence-corrected chi connectivity index (χ2v) is 9.23. The average Bonchev–Trinajstić information content (AvgIpc) is 2.67. The normalized spacial score (nSPS) is 21.3. The molecule has 2 fully saturated rings. The summed E-state index contributed by atoms with van der Waals surface area (Å²) in [5.41, 5.74) is 4.89. The summed E-state index contributed by atoms with van der Waals surface area (Å²) >= 11 is 0. The van der Waals surface area contributed by atoms with E-state index >= 15 is 0 Å². The Hall–Kier alpha value is -2.19. The number of hydrogen-bond acceptors (Lipinski definition) is 4. The standard InChI is InChI=1S/C21H40N6O3/c1-5-23-19(25-17-9-13-26(14-10-17)18(22)28)24-11-8-16-7-6-12-27(15-16)20(29)30-21(2,3)4/h16-17H,5-15H2,1-4H3,(H2,22,28)(H2,23,24,25). The van der Waals surface area contributed by atoms with E-state index in [4.69, 9.17) is 15.5 Å². The van der Waals surface area contributed by atoms with Gasteiger partial charge < -0.3 is 30.9 Å². The van der Waals surface area contributed by atoms with Gasteiger partial charge in [0, 0.05) is 45.3 Å². The van der Waals surface area contributed by atoms with Crippen molar-refractivity contribution in [2.24, 2.45) is 16.6 Å². The lowest BCUT2D eigenvalue weighted by atomic mass is 9.95. The molecule has 2 heterocycles. The zero-order valence-electron chi connectivity index (χ0n) is 19.1. The van der Waals surface area contributed by atoms with Gasteiger partial charge in [-0.1, -0.05) is 0 Å². The molecule has 9 nitrogen and oxygen atoms in total. The number of nitrogens with two attached hydrogens (primary N) is 1. The first-order valence-corrected chi connectivity index (χ1v) is 11.2. The fourth-order valence-corrected chi connectivity index (χ4v) is 3.91. The van der Waals surface area contributed by atoms with Crippen LogP contribution in [0.25, 0.3) is 0 Å². The van der Waals surface area contributed by atoms with E-state index in [1.807, 2.05) is 32.6 Å². The summed E-state index contributed by atoms with van der Waals surface area (Å²) < 4.78 is 5.51. The van der Waals surface area contributed by atoms with Crippen molar-refractivity contribution in [2.75, 3.05) is 39.3 Å². The van der Waals surface area contributed by atoms with Gasteiger partial charge in [-0.05, 0) is 65.7 Å². The van der Waals surface area contributed by atoms with E-state index in [-0.39, 0.29) is 18.2 Å². The smallest absolute Gasteiger partial charge is 0.410 e. The monoisotopic (exact) mass is 424 g/mol. The Morgan fingerprint density at radius 3 is 2.43 bits per heavy atom. The maximum Gasteiger partial charge on any atom is 0.410 e. The van der Waals surface area contributed by atoms with Crippen molar-refractivity contribution < 1.29 is 14.3 Å². The summed E-state index contributed by atoms with van der Waals surface area (Å²) in [6, 6.07) is -0.0577. The Labute approximate surface area is 180 Å². The fourth-order valence-electron chi connectivity index (χ4n) is 3.91. The molecule has 0 aromatic carbocycles. The predicted molar refractivity (Wildman–Crippen MR) is 118 cm³/mol. The van der Waals surface area contributed by atoms with Gasteiger partial charge in [-0.15, -0.1) is 0 Å². The minimum atomic E-state index is -0.464. The molecule has 0 bridgehead atoms. The van der Waals surface area contributed by atoms with E-state index in [0.717, 1.165) is 57.7 Å². The largest absolute Gasteiger partial charge is 0.444 e. The highest BCUT2D eigenvalue weighted by Crippen LogP contribution is 2.21. The lowest BCUT2D eigenvalue weighted by Crippen LogP contribution is -2.50. The third-order valence-electron chi connectivity index (χ3n) is 5.47. The second-order valence-electron chi connectivity index (χ2n) is 9.23. The molecule has 1 atom stereocenters. The molecule has 0 radical (unpaired) electrons. The molecule has 0 aromatic rings. The van der Waals surface area contributed by atoms with Gasteiger partial charge in [-0.2, -0.15) is 0 Å². The summed E-state index contributed by atoms with van der Waals surface area (Å²) in [5, 5.41) is 6.79. The van der Waals surface area contributed by atoms with Crippen molar-refractivity contribution in [1.82, 2.24) is 20.4 Å². The number of hydrogen-bond donors (Lipinski definition) is 3. The molecule has 2 aliphatic rings. The molecule has 4 N–H and O–H groups in total. The number of likely N-dealkylation sites (tertiary alicyclic amines) is 2. The van der Waals surface area contributed by atoms with Crippen LogP contribution in [0, 0.1) is 5.92 Å². The summed E-state index contributed by atoms with van der Waals surface area (Å²) in [4.78, 5) is 31.9. The van der Waals surface area contributed by atoms with Gasteiger partial charge in [0.25, 0.3) is 0 Å². The third kappa shape index (κ3) is 8.28. The molecule has 0 aliphatic carbocycles. The van der Waals surface area contributed by atoms with Crippen molar-refractivity contribution in [1.29, 1.82) is 0 Å². The Morgan fingerprint density at radius 2 is 1.83 bits per heavy atom. The number of urea groups is 1. The number of piperidine rings is 2. The predicted octanol–water partition coefficient (Wildman–Crippen LogP) is 2.12. The number of nitrogens with zero attached hydrogens (tertiary/aromatic N) is 3. The van der Waals surface area contributed by atoms with Crippen LogP contribution in [0.15, 0.2) is 4.99 Å². The molecule has 0 spiro atoms. The lowest BCUT2D eigenvalue weighted by Gasteiger charge is -2.34. The maximum atomic E-state index is 12.3. The number of rotatable bonds is 5. The molecule has 2 rings (SSSR count). The first-order valence-electron chi connectivity index (χ1n) is 11.2. The van der Waals surface area contributed by atoms with E-state index in [9.17, 15) is 9.59 Å². The third-order valence-corrected chi connectivity index (χ3v) is 5.47. The van der Waals surface area contributed by atoms with Crippen LogP contribution in [0.2, 0.25) is 0 Å². The summed E-state index contributed by atoms with van der Waals surface area (Å²) in [7, 11) is 0. The van der Waals surface area contributed by atoms with E-state index in [1.54, 1.807) is 4.90 Å². The van der Waals surface area contributed by atoms with E-state index < -0.39 is 5.60 Å². The highest BCUT2D eigenvalue weighted by atomic mass is 16.6. The quantitative estimate of drug-likeness (QED) is 0.462. The zero-order valence-corrected chi connectivity index (χ0v) is 19.1. The van der Waals surface area contributed by atoms with Gasteiger partial charge in [-0.3, -0.25) is 4.99 Å². The van der Waals surface area contributed by atoms with Crippen LogP contribution in [0.1, 0.15) is 59.8 Å². The number of amides is 3. The van der Waals surface area contributed by atoms with Gasteiger partial charge in [0.15, 0.2) is 5.96 Å². The number of guanidine groups is 1. The molecule has 2 saturated heterocycles. The zero-order chi connectivity index (χ0) is 22.1. The van der Waals surface area contributed by atoms with Gasteiger partial charge in [0.1, 0.15) is 5.60 Å². The topological polar surface area (TPSA) is 112 Å². The molecule has 0 aromatic heterocycles. The van der Waals surface area contributed by atoms with Gasteiger partial charge in [-0.25, -0.2) is 9.59 Å². The highest BCUT2D eigenvalue weighted by Gasteiger charge is 2.27. The Bertz CT molecular complexity index is 596. The van der Waals surface area contributed by atoms with Crippen molar-refractivity contribution in [3.8, 4) is 0 Å². The number of carbonyl (C=O) groups is 2. The highest BCUT2D eigenvalue weighted by molar-refractivity contribution is 5.80. The first kappa shape index (κ1) is 24.1. The molecule has 3 amide bonds. The second kappa shape index (κ2) is 11.3. The van der Waals surface area contributed by atoms with Crippen LogP contribution in [-0.4, -0.2) is 78.8 Å². The van der Waals surface area contributed by atoms with Crippen LogP contribution in [0.4, 0.5) is 9.59 Å². The number of aliphatic imine (C=N–C) groups is 1. The molecule has 2 aliphatic heterocycles. The van der Waals surface area contributed by atoms with Crippen molar-refractivity contribution in [3.63, 3.8) is 0 Å². The SMILES string of the molecule is CCNC(=NCCC1CCCN(C(=O)OC(C)(C)C)C1)NC1CCN(C(N)=O)CC1. The van der Waals surface area contributed by atoms with Crippen molar-refractivity contribution in [3.05, 3.63) is 0 Å². The van der Waals surface area contributed by atoms with Crippen LogP contribution < -0.4 is 16.4 Å². The fraction of sp³-hybridized carbons (Fsp3) is 0.857. The number of primary amides is 1. The number of nitrogens with one attached hydrogen (secondary N) is 2. The summed E-state index contributed by atoms with van der Waals surface area (Å²) in [6.45, 7) is 12.1. The minimum Gasteiger partial charge on any atom is -0.444 e. The molecular formula is C21H40N6O3. The molecule has 30 heavy (non-hydrogen) atoms. The van der Waals surface area contributed by atoms with Crippen LogP contribution in [0.5, 0.6) is 0 Å². The van der Waals surface area contributed by atoms with Crippen LogP contribution in [-0.2, 0) is 4.74 Å². The Balaban J connectivity index is 1.79. The Kier molecular flexibility index (Phi) is 9.05. The van der Waals surface area contributed by atoms with Gasteiger partial charge in [0.05, 0.1) is 0 Å².